The Hall–Kier alpha value is -2.59. The fourth-order valence-corrected chi connectivity index (χ4v) is 6.19. The summed E-state index contributed by atoms with van der Waals surface area (Å²) >= 11 is 1.13. The number of nitrogens with zero attached hydrogens (tertiary/aromatic N) is 2. The minimum absolute atomic E-state index is 0.0472. The van der Waals surface area contributed by atoms with Gasteiger partial charge in [-0.05, 0) is 42.5 Å². The third-order valence-corrected chi connectivity index (χ3v) is 8.69. The summed E-state index contributed by atoms with van der Waals surface area (Å²) in [5.74, 6) is -0.172. The zero-order chi connectivity index (χ0) is 22.6. The van der Waals surface area contributed by atoms with Crippen molar-refractivity contribution in [2.45, 2.75) is 42.4 Å². The summed E-state index contributed by atoms with van der Waals surface area (Å²) in [6, 6.07) is 9.93. The molecule has 2 N–H and O–H groups in total. The van der Waals surface area contributed by atoms with Crippen LogP contribution in [0.25, 0.3) is 0 Å². The van der Waals surface area contributed by atoms with Crippen molar-refractivity contribution in [3.05, 3.63) is 47.3 Å². The summed E-state index contributed by atoms with van der Waals surface area (Å²) in [5.41, 5.74) is 0.756. The van der Waals surface area contributed by atoms with E-state index in [9.17, 15) is 18.0 Å². The van der Waals surface area contributed by atoms with Gasteiger partial charge in [-0.2, -0.15) is 0 Å². The van der Waals surface area contributed by atoms with Gasteiger partial charge in [0.1, 0.15) is 4.21 Å². The van der Waals surface area contributed by atoms with Gasteiger partial charge in [0.25, 0.3) is 15.9 Å². The molecule has 10 heteroatoms. The molecule has 1 saturated heterocycles. The molecule has 0 bridgehead atoms. The fraction of sp³-hybridized carbons (Fsp3) is 0.455. The van der Waals surface area contributed by atoms with Gasteiger partial charge < -0.3 is 15.1 Å². The summed E-state index contributed by atoms with van der Waals surface area (Å²) in [6.45, 7) is 1.86. The third kappa shape index (κ3) is 5.42. The molecule has 32 heavy (non-hydrogen) atoms. The molecule has 2 aromatic rings. The summed E-state index contributed by atoms with van der Waals surface area (Å²) in [5, 5.41) is 4.82. The van der Waals surface area contributed by atoms with E-state index in [-0.39, 0.29) is 22.2 Å². The average molecular weight is 477 g/mol. The minimum atomic E-state index is -3.67. The molecule has 2 aliphatic rings. The largest absolute Gasteiger partial charge is 0.335 e. The molecule has 1 aliphatic heterocycles. The minimum Gasteiger partial charge on any atom is -0.335 e. The number of piperazine rings is 1. The van der Waals surface area contributed by atoms with Crippen molar-refractivity contribution in [3.8, 4) is 0 Å². The van der Waals surface area contributed by atoms with Crippen molar-refractivity contribution < 1.29 is 18.0 Å². The lowest BCUT2D eigenvalue weighted by Crippen LogP contribution is -2.54. The van der Waals surface area contributed by atoms with Crippen molar-refractivity contribution >= 4 is 39.0 Å². The molecule has 4 rings (SSSR count). The van der Waals surface area contributed by atoms with E-state index >= 15 is 0 Å². The number of nitrogens with one attached hydrogen (secondary N) is 2. The van der Waals surface area contributed by atoms with Crippen LogP contribution in [-0.2, 0) is 10.0 Å². The molecule has 8 nitrogen and oxygen atoms in total. The molecular weight excluding hydrogens is 448 g/mol. The first-order valence-corrected chi connectivity index (χ1v) is 13.3. The SMILES string of the molecule is O=C(NC1CCCCC1)N1CCN(C(=O)c2cccc(NS(=O)(=O)c3cccs3)c2)CC1. The Labute approximate surface area is 192 Å². The second-order valence-electron chi connectivity index (χ2n) is 8.18. The van der Waals surface area contributed by atoms with Crippen molar-refractivity contribution in [1.82, 2.24) is 15.1 Å². The number of hydrogen-bond donors (Lipinski definition) is 2. The lowest BCUT2D eigenvalue weighted by Gasteiger charge is -2.36. The third-order valence-electron chi connectivity index (χ3n) is 5.91. The smallest absolute Gasteiger partial charge is 0.317 e. The molecule has 0 atom stereocenters. The number of benzene rings is 1. The topological polar surface area (TPSA) is 98.8 Å². The van der Waals surface area contributed by atoms with Crippen molar-refractivity contribution in [3.63, 3.8) is 0 Å². The maximum Gasteiger partial charge on any atom is 0.317 e. The highest BCUT2D eigenvalue weighted by molar-refractivity contribution is 7.94. The summed E-state index contributed by atoms with van der Waals surface area (Å²) in [4.78, 5) is 29.0. The first kappa shape index (κ1) is 22.6. The van der Waals surface area contributed by atoms with E-state index in [1.54, 1.807) is 45.5 Å². The lowest BCUT2D eigenvalue weighted by atomic mass is 9.96. The van der Waals surface area contributed by atoms with Gasteiger partial charge in [-0.15, -0.1) is 11.3 Å². The zero-order valence-electron chi connectivity index (χ0n) is 17.8. The molecule has 1 aliphatic carbocycles. The summed E-state index contributed by atoms with van der Waals surface area (Å²) < 4.78 is 27.6. The molecule has 2 heterocycles. The molecule has 172 valence electrons. The van der Waals surface area contributed by atoms with E-state index in [4.69, 9.17) is 0 Å². The van der Waals surface area contributed by atoms with Crippen LogP contribution in [0, 0.1) is 0 Å². The molecule has 1 saturated carbocycles. The number of carbonyl (C=O) groups excluding carboxylic acids is 2. The van der Waals surface area contributed by atoms with Gasteiger partial charge in [-0.1, -0.05) is 31.4 Å². The number of amides is 3. The second-order valence-corrected chi connectivity index (χ2v) is 11.0. The maximum atomic E-state index is 13.0. The Bertz CT molecular complexity index is 1040. The number of sulfonamides is 1. The fourth-order valence-electron chi connectivity index (χ4n) is 4.15. The predicted octanol–water partition coefficient (Wildman–Crippen LogP) is 3.35. The molecule has 0 radical (unpaired) electrons. The van der Waals surface area contributed by atoms with E-state index < -0.39 is 10.0 Å². The molecule has 1 aromatic heterocycles. The Morgan fingerprint density at radius 2 is 1.66 bits per heavy atom. The zero-order valence-corrected chi connectivity index (χ0v) is 19.5. The Balaban J connectivity index is 1.33. The van der Waals surface area contributed by atoms with Gasteiger partial charge in [-0.3, -0.25) is 9.52 Å². The van der Waals surface area contributed by atoms with Crippen LogP contribution in [-0.4, -0.2) is 62.4 Å². The van der Waals surface area contributed by atoms with Gasteiger partial charge in [-0.25, -0.2) is 13.2 Å². The maximum absolute atomic E-state index is 13.0. The van der Waals surface area contributed by atoms with E-state index in [1.807, 2.05) is 0 Å². The summed E-state index contributed by atoms with van der Waals surface area (Å²) in [6.07, 6.45) is 5.64. The average Bonchev–Trinajstić information content (AvgIpc) is 3.35. The van der Waals surface area contributed by atoms with Gasteiger partial charge >= 0.3 is 6.03 Å². The van der Waals surface area contributed by atoms with Crippen LogP contribution in [0.4, 0.5) is 10.5 Å². The number of hydrogen-bond acceptors (Lipinski definition) is 5. The van der Waals surface area contributed by atoms with Crippen molar-refractivity contribution in [2.24, 2.45) is 0 Å². The Kier molecular flexibility index (Phi) is 7.00. The van der Waals surface area contributed by atoms with E-state index in [1.165, 1.54) is 12.5 Å². The van der Waals surface area contributed by atoms with Gasteiger partial charge in [0.15, 0.2) is 0 Å². The van der Waals surface area contributed by atoms with E-state index in [0.29, 0.717) is 37.4 Å². The number of anilines is 1. The number of carbonyl (C=O) groups is 2. The standard InChI is InChI=1S/C22H28N4O4S2/c27-21(17-6-4-9-19(16-17)24-32(29,30)20-10-5-15-31-20)25-11-13-26(14-12-25)22(28)23-18-7-2-1-3-8-18/h4-6,9-10,15-16,18,24H,1-3,7-8,11-14H2,(H,23,28). The van der Waals surface area contributed by atoms with E-state index in [0.717, 1.165) is 37.0 Å². The lowest BCUT2D eigenvalue weighted by molar-refractivity contribution is 0.0662. The van der Waals surface area contributed by atoms with Crippen LogP contribution >= 0.6 is 11.3 Å². The van der Waals surface area contributed by atoms with Crippen LogP contribution < -0.4 is 10.0 Å². The van der Waals surface area contributed by atoms with Crippen molar-refractivity contribution in [2.75, 3.05) is 30.9 Å². The Morgan fingerprint density at radius 1 is 0.938 bits per heavy atom. The Morgan fingerprint density at radius 3 is 2.34 bits per heavy atom. The number of rotatable bonds is 5. The molecule has 3 amide bonds. The van der Waals surface area contributed by atoms with Crippen LogP contribution in [0.3, 0.4) is 0 Å². The molecular formula is C22H28N4O4S2. The van der Waals surface area contributed by atoms with E-state index in [2.05, 4.69) is 10.0 Å². The van der Waals surface area contributed by atoms with Crippen LogP contribution in [0.1, 0.15) is 42.5 Å². The molecule has 1 aromatic carbocycles. The molecule has 0 unspecified atom stereocenters. The van der Waals surface area contributed by atoms with Crippen LogP contribution in [0.2, 0.25) is 0 Å². The normalized spacial score (nSPS) is 17.8. The first-order valence-electron chi connectivity index (χ1n) is 10.9. The summed E-state index contributed by atoms with van der Waals surface area (Å²) in [7, 11) is -3.67. The highest BCUT2D eigenvalue weighted by atomic mass is 32.2. The van der Waals surface area contributed by atoms with Crippen LogP contribution in [0.5, 0.6) is 0 Å². The predicted molar refractivity (Wildman–Crippen MR) is 124 cm³/mol. The quantitative estimate of drug-likeness (QED) is 0.691. The van der Waals surface area contributed by atoms with Crippen molar-refractivity contribution in [1.29, 1.82) is 0 Å². The van der Waals surface area contributed by atoms with Gasteiger partial charge in [0.05, 0.1) is 0 Å². The molecule has 2 fully saturated rings. The van der Waals surface area contributed by atoms with Gasteiger partial charge in [0.2, 0.25) is 0 Å². The monoisotopic (exact) mass is 476 g/mol. The first-order chi connectivity index (χ1) is 15.4. The molecule has 0 spiro atoms. The second kappa shape index (κ2) is 9.91. The highest BCUT2D eigenvalue weighted by Crippen LogP contribution is 2.22. The highest BCUT2D eigenvalue weighted by Gasteiger charge is 2.27. The van der Waals surface area contributed by atoms with Crippen LogP contribution in [0.15, 0.2) is 46.0 Å². The number of thiophene rings is 1. The van der Waals surface area contributed by atoms with Gasteiger partial charge in [0, 0.05) is 43.5 Å². The number of urea groups is 1.